The number of rotatable bonds is 6. The molecule has 8 heteroatoms. The summed E-state index contributed by atoms with van der Waals surface area (Å²) >= 11 is 0. The summed E-state index contributed by atoms with van der Waals surface area (Å²) in [6.45, 7) is 2.34. The summed E-state index contributed by atoms with van der Waals surface area (Å²) in [5.41, 5.74) is 3.23. The van der Waals surface area contributed by atoms with Crippen LogP contribution in [0.5, 0.6) is 5.75 Å². The predicted molar refractivity (Wildman–Crippen MR) is 125 cm³/mol. The lowest BCUT2D eigenvalue weighted by Crippen LogP contribution is -2.31. The van der Waals surface area contributed by atoms with Crippen molar-refractivity contribution in [2.24, 2.45) is 0 Å². The molecule has 1 aliphatic rings. The Kier molecular flexibility index (Phi) is 5.55. The molecule has 8 nitrogen and oxygen atoms in total. The number of ether oxygens (including phenoxy) is 1. The van der Waals surface area contributed by atoms with Gasteiger partial charge in [0, 0.05) is 11.9 Å². The van der Waals surface area contributed by atoms with E-state index in [1.54, 1.807) is 23.0 Å². The Balaban J connectivity index is 1.42. The molecule has 164 valence electrons. The van der Waals surface area contributed by atoms with Crippen LogP contribution in [0.15, 0.2) is 96.6 Å². The average molecular weight is 438 g/mol. The van der Waals surface area contributed by atoms with Gasteiger partial charge in [0.2, 0.25) is 5.95 Å². The SMILES string of the molecule is CC1=C(C(=O)Nc2ccccn2)[C@@H](c2ccc(OCc3ccccc3)cc2)n2ncnc2N1. The van der Waals surface area contributed by atoms with E-state index < -0.39 is 6.04 Å². The number of pyridine rings is 1. The molecule has 0 bridgehead atoms. The summed E-state index contributed by atoms with van der Waals surface area (Å²) in [6.07, 6.45) is 3.11. The Morgan fingerprint density at radius 1 is 1.03 bits per heavy atom. The van der Waals surface area contributed by atoms with Gasteiger partial charge in [0.15, 0.2) is 0 Å². The minimum atomic E-state index is -0.448. The molecule has 0 spiro atoms. The van der Waals surface area contributed by atoms with Crippen LogP contribution < -0.4 is 15.4 Å². The second kappa shape index (κ2) is 8.96. The number of anilines is 2. The number of carbonyl (C=O) groups is 1. The van der Waals surface area contributed by atoms with Crippen molar-refractivity contribution in [3.8, 4) is 5.75 Å². The number of nitrogens with one attached hydrogen (secondary N) is 2. The Morgan fingerprint density at radius 2 is 1.82 bits per heavy atom. The fourth-order valence-electron chi connectivity index (χ4n) is 3.80. The van der Waals surface area contributed by atoms with Crippen LogP contribution in [0.3, 0.4) is 0 Å². The molecule has 4 aromatic rings. The molecule has 1 amide bonds. The number of allylic oxidation sites excluding steroid dienone is 1. The molecule has 2 N–H and O–H groups in total. The summed E-state index contributed by atoms with van der Waals surface area (Å²) in [5, 5.41) is 10.4. The average Bonchev–Trinajstić information content (AvgIpc) is 3.31. The number of amides is 1. The number of fused-ring (bicyclic) bond motifs is 1. The fourth-order valence-corrected chi connectivity index (χ4v) is 3.80. The normalized spacial score (nSPS) is 14.9. The number of carbonyl (C=O) groups excluding carboxylic acids is 1. The smallest absolute Gasteiger partial charge is 0.257 e. The largest absolute Gasteiger partial charge is 0.489 e. The number of benzene rings is 2. The first-order chi connectivity index (χ1) is 16.2. The summed E-state index contributed by atoms with van der Waals surface area (Å²) < 4.78 is 7.63. The van der Waals surface area contributed by atoms with Crippen LogP contribution in [0, 0.1) is 0 Å². The highest BCUT2D eigenvalue weighted by Crippen LogP contribution is 2.35. The van der Waals surface area contributed by atoms with Gasteiger partial charge in [-0.3, -0.25) is 4.79 Å². The van der Waals surface area contributed by atoms with E-state index in [9.17, 15) is 4.79 Å². The van der Waals surface area contributed by atoms with Gasteiger partial charge in [0.05, 0.1) is 5.57 Å². The Hall–Kier alpha value is -4.46. The van der Waals surface area contributed by atoms with E-state index in [1.165, 1.54) is 6.33 Å². The van der Waals surface area contributed by atoms with Crippen molar-refractivity contribution in [1.82, 2.24) is 19.7 Å². The highest BCUT2D eigenvalue weighted by molar-refractivity contribution is 6.05. The molecular formula is C25H22N6O2. The first-order valence-corrected chi connectivity index (χ1v) is 10.6. The molecule has 1 atom stereocenters. The molecule has 5 rings (SSSR count). The summed E-state index contributed by atoms with van der Waals surface area (Å²) in [7, 11) is 0. The lowest BCUT2D eigenvalue weighted by molar-refractivity contribution is -0.113. The van der Waals surface area contributed by atoms with E-state index in [1.807, 2.05) is 67.6 Å². The minimum absolute atomic E-state index is 0.255. The van der Waals surface area contributed by atoms with Crippen molar-refractivity contribution in [1.29, 1.82) is 0 Å². The van der Waals surface area contributed by atoms with Gasteiger partial charge in [-0.2, -0.15) is 10.1 Å². The summed E-state index contributed by atoms with van der Waals surface area (Å²) in [4.78, 5) is 21.8. The van der Waals surface area contributed by atoms with Crippen LogP contribution in [0.4, 0.5) is 11.8 Å². The van der Waals surface area contributed by atoms with Gasteiger partial charge in [0.1, 0.15) is 30.5 Å². The molecule has 1 aliphatic heterocycles. The lowest BCUT2D eigenvalue weighted by atomic mass is 9.95. The van der Waals surface area contributed by atoms with Gasteiger partial charge in [0.25, 0.3) is 5.91 Å². The predicted octanol–water partition coefficient (Wildman–Crippen LogP) is 4.18. The first-order valence-electron chi connectivity index (χ1n) is 10.6. The van der Waals surface area contributed by atoms with Gasteiger partial charge < -0.3 is 15.4 Å². The van der Waals surface area contributed by atoms with Crippen molar-refractivity contribution < 1.29 is 9.53 Å². The quantitative estimate of drug-likeness (QED) is 0.469. The zero-order chi connectivity index (χ0) is 22.6. The van der Waals surface area contributed by atoms with Crippen molar-refractivity contribution in [2.75, 3.05) is 10.6 Å². The van der Waals surface area contributed by atoms with Crippen LogP contribution in [0.1, 0.15) is 24.1 Å². The molecule has 0 fully saturated rings. The fraction of sp³-hybridized carbons (Fsp3) is 0.120. The molecule has 0 radical (unpaired) electrons. The second-order valence-corrected chi connectivity index (χ2v) is 7.61. The van der Waals surface area contributed by atoms with Crippen LogP contribution >= 0.6 is 0 Å². The van der Waals surface area contributed by atoms with E-state index in [0.717, 1.165) is 16.9 Å². The van der Waals surface area contributed by atoms with E-state index in [0.29, 0.717) is 29.6 Å². The van der Waals surface area contributed by atoms with E-state index in [4.69, 9.17) is 4.74 Å². The standard InChI is InChI=1S/C25H22N6O2/c1-17-22(24(32)30-21-9-5-6-14-26-21)23(31-25(29-17)27-16-28-31)19-10-12-20(13-11-19)33-15-18-7-3-2-4-8-18/h2-14,16,23H,15H2,1H3,(H,26,30,32)(H,27,28,29)/t23-/m1/s1. The zero-order valence-corrected chi connectivity index (χ0v) is 18.0. The Labute approximate surface area is 191 Å². The highest BCUT2D eigenvalue weighted by Gasteiger charge is 2.33. The second-order valence-electron chi connectivity index (χ2n) is 7.61. The van der Waals surface area contributed by atoms with Crippen LogP contribution in [-0.4, -0.2) is 25.7 Å². The Morgan fingerprint density at radius 3 is 2.58 bits per heavy atom. The van der Waals surface area contributed by atoms with Gasteiger partial charge in [-0.1, -0.05) is 48.5 Å². The monoisotopic (exact) mass is 438 g/mol. The third-order valence-electron chi connectivity index (χ3n) is 5.39. The molecule has 0 unspecified atom stereocenters. The van der Waals surface area contributed by atoms with Gasteiger partial charge in [-0.15, -0.1) is 0 Å². The minimum Gasteiger partial charge on any atom is -0.489 e. The van der Waals surface area contributed by atoms with Crippen molar-refractivity contribution in [3.05, 3.63) is 108 Å². The van der Waals surface area contributed by atoms with Gasteiger partial charge in [-0.25, -0.2) is 9.67 Å². The highest BCUT2D eigenvalue weighted by atomic mass is 16.5. The van der Waals surface area contributed by atoms with Crippen LogP contribution in [0.2, 0.25) is 0 Å². The van der Waals surface area contributed by atoms with Crippen molar-refractivity contribution in [2.45, 2.75) is 19.6 Å². The molecule has 3 heterocycles. The molecular weight excluding hydrogens is 416 g/mol. The number of aromatic nitrogens is 4. The number of nitrogens with zero attached hydrogens (tertiary/aromatic N) is 4. The van der Waals surface area contributed by atoms with Gasteiger partial charge >= 0.3 is 0 Å². The van der Waals surface area contributed by atoms with Crippen molar-refractivity contribution in [3.63, 3.8) is 0 Å². The maximum Gasteiger partial charge on any atom is 0.257 e. The number of hydrogen-bond acceptors (Lipinski definition) is 6. The number of hydrogen-bond donors (Lipinski definition) is 2. The third-order valence-corrected chi connectivity index (χ3v) is 5.39. The molecule has 33 heavy (non-hydrogen) atoms. The third kappa shape index (κ3) is 4.31. The zero-order valence-electron chi connectivity index (χ0n) is 18.0. The van der Waals surface area contributed by atoms with E-state index >= 15 is 0 Å². The van der Waals surface area contributed by atoms with E-state index in [-0.39, 0.29) is 5.91 Å². The van der Waals surface area contributed by atoms with Crippen LogP contribution in [0.25, 0.3) is 0 Å². The summed E-state index contributed by atoms with van der Waals surface area (Å²) in [6, 6.07) is 22.6. The Bertz CT molecular complexity index is 1280. The van der Waals surface area contributed by atoms with Crippen LogP contribution in [-0.2, 0) is 11.4 Å². The topological polar surface area (TPSA) is 94.0 Å². The first kappa shape index (κ1) is 20.4. The van der Waals surface area contributed by atoms with Gasteiger partial charge in [-0.05, 0) is 42.3 Å². The maximum absolute atomic E-state index is 13.3. The molecule has 2 aromatic carbocycles. The van der Waals surface area contributed by atoms with E-state index in [2.05, 4.69) is 25.7 Å². The molecule has 2 aromatic heterocycles. The maximum atomic E-state index is 13.3. The summed E-state index contributed by atoms with van der Waals surface area (Å²) in [5.74, 6) is 1.55. The molecule has 0 saturated carbocycles. The van der Waals surface area contributed by atoms with Crippen molar-refractivity contribution >= 4 is 17.7 Å². The molecule has 0 aliphatic carbocycles. The molecule has 0 saturated heterocycles. The lowest BCUT2D eigenvalue weighted by Gasteiger charge is -2.28.